The summed E-state index contributed by atoms with van der Waals surface area (Å²) in [5.74, 6) is 1.17. The third-order valence-electron chi connectivity index (χ3n) is 7.89. The van der Waals surface area contributed by atoms with Gasteiger partial charge < -0.3 is 19.1 Å². The molecule has 1 unspecified atom stereocenters. The van der Waals surface area contributed by atoms with Crippen LogP contribution in [0.1, 0.15) is 46.8 Å². The summed E-state index contributed by atoms with van der Waals surface area (Å²) < 4.78 is 45.6. The van der Waals surface area contributed by atoms with Crippen molar-refractivity contribution in [2.75, 3.05) is 24.6 Å². The third kappa shape index (κ3) is 3.63. The van der Waals surface area contributed by atoms with Crippen LogP contribution in [-0.4, -0.2) is 34.1 Å². The molecule has 7 nitrogen and oxygen atoms in total. The van der Waals surface area contributed by atoms with Crippen LogP contribution in [0.3, 0.4) is 0 Å². The van der Waals surface area contributed by atoms with Crippen molar-refractivity contribution < 1.29 is 27.4 Å². The minimum atomic E-state index is -3.89. The van der Waals surface area contributed by atoms with Crippen molar-refractivity contribution in [2.24, 2.45) is 0 Å². The number of fused-ring (bicyclic) bond motifs is 6. The van der Waals surface area contributed by atoms with Crippen molar-refractivity contribution in [1.29, 1.82) is 0 Å². The first-order valence-electron chi connectivity index (χ1n) is 13.4. The molecule has 1 atom stereocenters. The molecule has 1 spiro atoms. The summed E-state index contributed by atoms with van der Waals surface area (Å²) in [4.78, 5) is 15.8. The minimum Gasteiger partial charge on any atom is -0.494 e. The van der Waals surface area contributed by atoms with Crippen LogP contribution in [0.25, 0.3) is 0 Å². The Balaban J connectivity index is 1.40. The van der Waals surface area contributed by atoms with Crippen LogP contribution >= 0.6 is 0 Å². The van der Waals surface area contributed by atoms with Gasteiger partial charge in [-0.3, -0.25) is 0 Å². The minimum absolute atomic E-state index is 0.0796. The van der Waals surface area contributed by atoms with Gasteiger partial charge in [-0.05, 0) is 80.4 Å². The number of carbonyl (C=O) groups is 1. The van der Waals surface area contributed by atoms with Gasteiger partial charge >= 0.3 is 5.97 Å². The zero-order chi connectivity index (χ0) is 27.5. The van der Waals surface area contributed by atoms with Crippen LogP contribution < -0.4 is 14.4 Å². The van der Waals surface area contributed by atoms with Crippen molar-refractivity contribution in [3.8, 4) is 17.2 Å². The molecule has 40 heavy (non-hydrogen) atoms. The number of anilines is 1. The van der Waals surface area contributed by atoms with Crippen molar-refractivity contribution >= 4 is 21.5 Å². The van der Waals surface area contributed by atoms with E-state index in [1.807, 2.05) is 37.3 Å². The molecule has 4 aromatic carbocycles. The molecular formula is C32H27NO6S. The zero-order valence-corrected chi connectivity index (χ0v) is 22.7. The van der Waals surface area contributed by atoms with Gasteiger partial charge in [0.05, 0.1) is 22.0 Å². The number of rotatable bonds is 5. The predicted molar refractivity (Wildman–Crippen MR) is 149 cm³/mol. The molecule has 0 saturated carbocycles. The van der Waals surface area contributed by atoms with Gasteiger partial charge in [-0.2, -0.15) is 0 Å². The van der Waals surface area contributed by atoms with Crippen molar-refractivity contribution in [3.05, 3.63) is 107 Å². The lowest BCUT2D eigenvalue weighted by Gasteiger charge is -2.37. The van der Waals surface area contributed by atoms with Gasteiger partial charge in [-0.15, -0.1) is 0 Å². The van der Waals surface area contributed by atoms with E-state index in [1.54, 1.807) is 36.4 Å². The lowest BCUT2D eigenvalue weighted by atomic mass is 9.77. The fraction of sp³-hybridized carbons (Fsp3) is 0.219. The molecule has 4 aromatic rings. The standard InChI is InChI=1S/C32H27NO6S/c1-2-37-22-10-12-23(13-11-22)40(35,36)24-14-16-29-28(20-24)32(26-8-4-3-7-25(26)31(34)39-32)27-15-9-21(19-30(27)38-29)33-17-5-6-18-33/h3-4,7-16,19-20H,2,5-6,17-18H2,1H3. The van der Waals surface area contributed by atoms with Gasteiger partial charge in [-0.25, -0.2) is 13.2 Å². The largest absolute Gasteiger partial charge is 0.494 e. The van der Waals surface area contributed by atoms with Crippen LogP contribution in [0.15, 0.2) is 94.7 Å². The quantitative estimate of drug-likeness (QED) is 0.277. The molecular weight excluding hydrogens is 526 g/mol. The van der Waals surface area contributed by atoms with E-state index in [1.165, 1.54) is 18.2 Å². The fourth-order valence-electron chi connectivity index (χ4n) is 6.00. The third-order valence-corrected chi connectivity index (χ3v) is 9.66. The van der Waals surface area contributed by atoms with E-state index in [0.29, 0.717) is 46.1 Å². The van der Waals surface area contributed by atoms with E-state index in [4.69, 9.17) is 14.2 Å². The highest BCUT2D eigenvalue weighted by atomic mass is 32.2. The first-order chi connectivity index (χ1) is 19.4. The molecule has 0 bridgehead atoms. The molecule has 8 heteroatoms. The summed E-state index contributed by atoms with van der Waals surface area (Å²) in [5, 5.41) is 0. The number of sulfone groups is 1. The topological polar surface area (TPSA) is 82.1 Å². The normalized spacial score (nSPS) is 19.0. The predicted octanol–water partition coefficient (Wildman–Crippen LogP) is 6.09. The summed E-state index contributed by atoms with van der Waals surface area (Å²) in [5.41, 5.74) is 1.95. The first-order valence-corrected chi connectivity index (χ1v) is 14.9. The molecule has 3 heterocycles. The van der Waals surface area contributed by atoms with E-state index in [9.17, 15) is 13.2 Å². The Morgan fingerprint density at radius 3 is 2.35 bits per heavy atom. The van der Waals surface area contributed by atoms with E-state index < -0.39 is 21.4 Å². The number of ether oxygens (including phenoxy) is 3. The number of nitrogens with zero attached hydrogens (tertiary/aromatic N) is 1. The van der Waals surface area contributed by atoms with Crippen molar-refractivity contribution in [3.63, 3.8) is 0 Å². The van der Waals surface area contributed by atoms with Gasteiger partial charge in [0.1, 0.15) is 17.2 Å². The smallest absolute Gasteiger partial charge is 0.340 e. The molecule has 0 N–H and O–H groups in total. The number of esters is 1. The Bertz CT molecular complexity index is 1760. The lowest BCUT2D eigenvalue weighted by Crippen LogP contribution is -2.33. The maximum absolute atomic E-state index is 13.7. The average Bonchev–Trinajstić information content (AvgIpc) is 3.61. The molecule has 3 aliphatic rings. The Kier molecular flexibility index (Phi) is 5.64. The molecule has 3 aliphatic heterocycles. The fourth-order valence-corrected chi connectivity index (χ4v) is 7.28. The SMILES string of the molecule is CCOc1ccc(S(=O)(=O)c2ccc3c(c2)C2(OC(=O)c4ccccc42)c2ccc(N4CCCC4)cc2O3)cc1. The second-order valence-corrected chi connectivity index (χ2v) is 12.1. The molecule has 0 radical (unpaired) electrons. The maximum Gasteiger partial charge on any atom is 0.340 e. The zero-order valence-electron chi connectivity index (χ0n) is 21.9. The Labute approximate surface area is 232 Å². The summed E-state index contributed by atoms with van der Waals surface area (Å²) in [6.07, 6.45) is 2.28. The number of benzene rings is 4. The van der Waals surface area contributed by atoms with E-state index in [0.717, 1.165) is 31.6 Å². The van der Waals surface area contributed by atoms with Gasteiger partial charge in [0.25, 0.3) is 0 Å². The molecule has 1 fully saturated rings. The van der Waals surface area contributed by atoms with Crippen LogP contribution in [0.4, 0.5) is 5.69 Å². The van der Waals surface area contributed by atoms with E-state index in [2.05, 4.69) is 4.90 Å². The average molecular weight is 554 g/mol. The van der Waals surface area contributed by atoms with E-state index >= 15 is 0 Å². The highest BCUT2D eigenvalue weighted by molar-refractivity contribution is 7.91. The van der Waals surface area contributed by atoms with Gasteiger partial charge in [0, 0.05) is 41.5 Å². The van der Waals surface area contributed by atoms with Gasteiger partial charge in [0.2, 0.25) is 9.84 Å². The Hall–Kier alpha value is -4.30. The number of hydrogen-bond acceptors (Lipinski definition) is 7. The molecule has 0 aliphatic carbocycles. The Morgan fingerprint density at radius 1 is 0.825 bits per heavy atom. The maximum atomic E-state index is 13.7. The van der Waals surface area contributed by atoms with Crippen LogP contribution in [0, 0.1) is 0 Å². The van der Waals surface area contributed by atoms with Crippen LogP contribution in [-0.2, 0) is 20.2 Å². The van der Waals surface area contributed by atoms with E-state index in [-0.39, 0.29) is 9.79 Å². The summed E-state index contributed by atoms with van der Waals surface area (Å²) >= 11 is 0. The molecule has 0 amide bonds. The summed E-state index contributed by atoms with van der Waals surface area (Å²) in [7, 11) is -3.89. The molecule has 202 valence electrons. The molecule has 0 aromatic heterocycles. The summed E-state index contributed by atoms with van der Waals surface area (Å²) in [6, 6.07) is 24.3. The van der Waals surface area contributed by atoms with Gasteiger partial charge in [0.15, 0.2) is 5.60 Å². The van der Waals surface area contributed by atoms with Crippen molar-refractivity contribution in [1.82, 2.24) is 0 Å². The highest BCUT2D eigenvalue weighted by Gasteiger charge is 2.53. The number of carbonyl (C=O) groups excluding carboxylic acids is 1. The lowest BCUT2D eigenvalue weighted by molar-refractivity contribution is 0.0223. The first kappa shape index (κ1) is 24.7. The molecule has 7 rings (SSSR count). The number of hydrogen-bond donors (Lipinski definition) is 0. The highest BCUT2D eigenvalue weighted by Crippen LogP contribution is 2.57. The van der Waals surface area contributed by atoms with Crippen molar-refractivity contribution in [2.45, 2.75) is 35.2 Å². The summed E-state index contributed by atoms with van der Waals surface area (Å²) in [6.45, 7) is 4.31. The van der Waals surface area contributed by atoms with Crippen LogP contribution in [0.5, 0.6) is 17.2 Å². The monoisotopic (exact) mass is 553 g/mol. The van der Waals surface area contributed by atoms with Gasteiger partial charge in [-0.1, -0.05) is 18.2 Å². The van der Waals surface area contributed by atoms with Crippen LogP contribution in [0.2, 0.25) is 0 Å². The molecule has 1 saturated heterocycles. The second kappa shape index (κ2) is 9.13. The Morgan fingerprint density at radius 2 is 1.57 bits per heavy atom. The second-order valence-electron chi connectivity index (χ2n) is 10.2.